The average molecular weight is 406 g/mol. The number of nitrogens with zero attached hydrogens (tertiary/aromatic N) is 3. The fourth-order valence-electron chi connectivity index (χ4n) is 3.02. The Morgan fingerprint density at radius 2 is 1.45 bits per heavy atom. The number of carbonyl (C=O) groups is 1. The third-order valence-corrected chi connectivity index (χ3v) is 4.81. The maximum atomic E-state index is 11.7. The topological polar surface area (TPSA) is 75.1 Å². The third kappa shape index (κ3) is 24.2. The SMILES string of the molecule is CCCCC/C=C\C/C=C\CCCCCCCC(=O)OCCCCCCN=[N+]=[N-]. The molecular weight excluding hydrogens is 362 g/mol. The predicted octanol–water partition coefficient (Wildman–Crippen LogP) is 8.21. The van der Waals surface area contributed by atoms with Gasteiger partial charge in [-0.2, -0.15) is 0 Å². The smallest absolute Gasteiger partial charge is 0.305 e. The van der Waals surface area contributed by atoms with Crippen molar-refractivity contribution in [2.45, 2.75) is 110 Å². The van der Waals surface area contributed by atoms with Crippen LogP contribution in [0.15, 0.2) is 29.4 Å². The number of azide groups is 1. The second-order valence-electron chi connectivity index (χ2n) is 7.57. The summed E-state index contributed by atoms with van der Waals surface area (Å²) in [6.45, 7) is 3.31. The molecule has 5 nitrogen and oxygen atoms in total. The van der Waals surface area contributed by atoms with Crippen LogP contribution in [0, 0.1) is 0 Å². The maximum absolute atomic E-state index is 11.7. The number of ether oxygens (including phenoxy) is 1. The van der Waals surface area contributed by atoms with Crippen LogP contribution in [0.2, 0.25) is 0 Å². The van der Waals surface area contributed by atoms with Crippen LogP contribution < -0.4 is 0 Å². The molecular formula is C24H43N3O2. The second kappa shape index (κ2) is 24.3. The number of esters is 1. The Balaban J connectivity index is 3.28. The van der Waals surface area contributed by atoms with E-state index in [1.807, 2.05) is 0 Å². The van der Waals surface area contributed by atoms with E-state index < -0.39 is 0 Å². The number of rotatable bonds is 21. The Morgan fingerprint density at radius 1 is 0.828 bits per heavy atom. The van der Waals surface area contributed by atoms with Crippen LogP contribution in [-0.4, -0.2) is 19.1 Å². The van der Waals surface area contributed by atoms with Gasteiger partial charge in [0.2, 0.25) is 0 Å². The first-order valence-electron chi connectivity index (χ1n) is 11.8. The van der Waals surface area contributed by atoms with E-state index in [0.717, 1.165) is 51.4 Å². The summed E-state index contributed by atoms with van der Waals surface area (Å²) in [5.41, 5.74) is 8.17. The molecule has 0 rings (SSSR count). The van der Waals surface area contributed by atoms with Crippen molar-refractivity contribution in [2.75, 3.05) is 13.2 Å². The van der Waals surface area contributed by atoms with E-state index in [0.29, 0.717) is 19.6 Å². The summed E-state index contributed by atoms with van der Waals surface area (Å²) in [5.74, 6) is -0.0650. The Kier molecular flexibility index (Phi) is 22.8. The number of hydrogen-bond donors (Lipinski definition) is 0. The molecule has 0 aliphatic carbocycles. The van der Waals surface area contributed by atoms with E-state index in [2.05, 4.69) is 41.3 Å². The van der Waals surface area contributed by atoms with Crippen molar-refractivity contribution in [1.29, 1.82) is 0 Å². The summed E-state index contributed by atoms with van der Waals surface area (Å²) in [5, 5.41) is 3.50. The van der Waals surface area contributed by atoms with Crippen LogP contribution in [0.4, 0.5) is 0 Å². The lowest BCUT2D eigenvalue weighted by molar-refractivity contribution is -0.143. The lowest BCUT2D eigenvalue weighted by Crippen LogP contribution is -2.05. The van der Waals surface area contributed by atoms with Crippen molar-refractivity contribution in [3.05, 3.63) is 34.7 Å². The molecule has 0 bridgehead atoms. The summed E-state index contributed by atoms with van der Waals surface area (Å²) >= 11 is 0. The maximum Gasteiger partial charge on any atom is 0.305 e. The van der Waals surface area contributed by atoms with Crippen LogP contribution >= 0.6 is 0 Å². The van der Waals surface area contributed by atoms with Crippen molar-refractivity contribution in [1.82, 2.24) is 0 Å². The van der Waals surface area contributed by atoms with Crippen molar-refractivity contribution in [3.8, 4) is 0 Å². The van der Waals surface area contributed by atoms with Gasteiger partial charge < -0.3 is 4.74 Å². The molecule has 0 saturated heterocycles. The molecule has 0 aromatic rings. The zero-order valence-electron chi connectivity index (χ0n) is 18.7. The van der Waals surface area contributed by atoms with E-state index in [4.69, 9.17) is 10.3 Å². The highest BCUT2D eigenvalue weighted by molar-refractivity contribution is 5.69. The first kappa shape index (κ1) is 27.3. The van der Waals surface area contributed by atoms with Crippen LogP contribution in [0.3, 0.4) is 0 Å². The van der Waals surface area contributed by atoms with Gasteiger partial charge in [0.05, 0.1) is 6.61 Å². The summed E-state index contributed by atoms with van der Waals surface area (Å²) < 4.78 is 5.25. The molecule has 0 heterocycles. The molecule has 29 heavy (non-hydrogen) atoms. The minimum absolute atomic E-state index is 0.0650. The summed E-state index contributed by atoms with van der Waals surface area (Å²) in [6.07, 6.45) is 26.6. The normalized spacial score (nSPS) is 11.2. The Hall–Kier alpha value is -1.74. The lowest BCUT2D eigenvalue weighted by atomic mass is 10.1. The molecule has 0 amide bonds. The van der Waals surface area contributed by atoms with Gasteiger partial charge in [-0.15, -0.1) is 0 Å². The molecule has 0 radical (unpaired) electrons. The highest BCUT2D eigenvalue weighted by Crippen LogP contribution is 2.09. The minimum atomic E-state index is -0.0650. The first-order chi connectivity index (χ1) is 14.3. The number of carbonyl (C=O) groups excluding carboxylic acids is 1. The average Bonchev–Trinajstić information content (AvgIpc) is 2.72. The van der Waals surface area contributed by atoms with Gasteiger partial charge in [0.1, 0.15) is 0 Å². The van der Waals surface area contributed by atoms with Crippen LogP contribution in [0.25, 0.3) is 10.4 Å². The molecule has 0 saturated carbocycles. The largest absolute Gasteiger partial charge is 0.466 e. The van der Waals surface area contributed by atoms with E-state index in [1.54, 1.807) is 0 Å². The fourth-order valence-corrected chi connectivity index (χ4v) is 3.02. The molecule has 0 aromatic carbocycles. The van der Waals surface area contributed by atoms with Crippen LogP contribution in [0.1, 0.15) is 110 Å². The molecule has 166 valence electrons. The molecule has 0 N–H and O–H groups in total. The Bertz CT molecular complexity index is 469. The highest BCUT2D eigenvalue weighted by Gasteiger charge is 2.02. The Morgan fingerprint density at radius 3 is 2.17 bits per heavy atom. The lowest BCUT2D eigenvalue weighted by Gasteiger charge is -2.05. The molecule has 0 spiro atoms. The first-order valence-corrected chi connectivity index (χ1v) is 11.8. The van der Waals surface area contributed by atoms with Gasteiger partial charge >= 0.3 is 5.97 Å². The van der Waals surface area contributed by atoms with Crippen molar-refractivity contribution in [2.24, 2.45) is 5.11 Å². The van der Waals surface area contributed by atoms with E-state index in [9.17, 15) is 4.79 Å². The summed E-state index contributed by atoms with van der Waals surface area (Å²) in [6, 6.07) is 0. The molecule has 5 heteroatoms. The Labute approximate surface area is 178 Å². The van der Waals surface area contributed by atoms with E-state index >= 15 is 0 Å². The molecule has 0 aliphatic rings. The summed E-state index contributed by atoms with van der Waals surface area (Å²) in [4.78, 5) is 14.4. The van der Waals surface area contributed by atoms with Gasteiger partial charge in [-0.25, -0.2) is 0 Å². The van der Waals surface area contributed by atoms with Crippen molar-refractivity contribution in [3.63, 3.8) is 0 Å². The van der Waals surface area contributed by atoms with Gasteiger partial charge in [0.25, 0.3) is 0 Å². The molecule has 0 aromatic heterocycles. The van der Waals surface area contributed by atoms with Gasteiger partial charge in [0, 0.05) is 17.9 Å². The molecule has 0 atom stereocenters. The van der Waals surface area contributed by atoms with Crippen molar-refractivity contribution >= 4 is 5.97 Å². The van der Waals surface area contributed by atoms with Gasteiger partial charge in [-0.1, -0.05) is 81.3 Å². The van der Waals surface area contributed by atoms with Crippen molar-refractivity contribution < 1.29 is 9.53 Å². The van der Waals surface area contributed by atoms with E-state index in [-0.39, 0.29) is 5.97 Å². The highest BCUT2D eigenvalue weighted by atomic mass is 16.5. The number of hydrogen-bond acceptors (Lipinski definition) is 3. The van der Waals surface area contributed by atoms with Gasteiger partial charge in [0.15, 0.2) is 0 Å². The monoisotopic (exact) mass is 405 g/mol. The quantitative estimate of drug-likeness (QED) is 0.0481. The fraction of sp³-hybridized carbons (Fsp3) is 0.792. The molecule has 0 aliphatic heterocycles. The minimum Gasteiger partial charge on any atom is -0.466 e. The summed E-state index contributed by atoms with van der Waals surface area (Å²) in [7, 11) is 0. The number of unbranched alkanes of at least 4 members (excludes halogenated alkanes) is 11. The second-order valence-corrected chi connectivity index (χ2v) is 7.57. The zero-order chi connectivity index (χ0) is 21.3. The van der Waals surface area contributed by atoms with Gasteiger partial charge in [-0.05, 0) is 56.9 Å². The van der Waals surface area contributed by atoms with Crippen LogP contribution in [0.5, 0.6) is 0 Å². The zero-order valence-corrected chi connectivity index (χ0v) is 18.7. The predicted molar refractivity (Wildman–Crippen MR) is 123 cm³/mol. The standard InChI is InChI=1S/C24H43N3O2/c1-2-3-4-5-6-7-8-9-10-11-12-13-14-15-18-21-24(28)29-23-20-17-16-19-22-26-27-25/h6-7,9-10H,2-5,8,11-23H2,1H3/b7-6-,10-9-. The van der Waals surface area contributed by atoms with E-state index in [1.165, 1.54) is 44.9 Å². The number of allylic oxidation sites excluding steroid dienone is 4. The van der Waals surface area contributed by atoms with Gasteiger partial charge in [-0.3, -0.25) is 4.79 Å². The third-order valence-electron chi connectivity index (χ3n) is 4.81. The van der Waals surface area contributed by atoms with Crippen LogP contribution in [-0.2, 0) is 9.53 Å². The molecule has 0 fully saturated rings. The molecule has 0 unspecified atom stereocenters.